The predicted octanol–water partition coefficient (Wildman–Crippen LogP) is 4.83. The van der Waals surface area contributed by atoms with E-state index in [1.165, 1.54) is 19.1 Å². The normalized spacial score (nSPS) is 11.2. The fourth-order valence-electron chi connectivity index (χ4n) is 1.93. The molecule has 0 aliphatic carbocycles. The average molecular weight is 359 g/mol. The molecular weight excluding hydrogens is 349 g/mol. The van der Waals surface area contributed by atoms with Gasteiger partial charge in [0.15, 0.2) is 0 Å². The van der Waals surface area contributed by atoms with Crippen LogP contribution in [0.5, 0.6) is 0 Å². The first-order valence-electron chi connectivity index (χ1n) is 6.52. The number of halogens is 4. The van der Waals surface area contributed by atoms with Crippen molar-refractivity contribution in [2.45, 2.75) is 13.1 Å². The average Bonchev–Trinajstić information content (AvgIpc) is 2.48. The highest BCUT2D eigenvalue weighted by Crippen LogP contribution is 2.34. The zero-order valence-electron chi connectivity index (χ0n) is 12.1. The molecule has 0 unspecified atom stereocenters. The highest BCUT2D eigenvalue weighted by Gasteiger charge is 2.31. The van der Waals surface area contributed by atoms with Gasteiger partial charge < -0.3 is 5.32 Å². The maximum Gasteiger partial charge on any atom is 0.416 e. The molecule has 0 aliphatic rings. The van der Waals surface area contributed by atoms with Crippen molar-refractivity contribution in [3.8, 4) is 0 Å². The lowest BCUT2D eigenvalue weighted by Crippen LogP contribution is -2.13. The quantitative estimate of drug-likeness (QED) is 0.631. The Morgan fingerprint density at radius 3 is 2.42 bits per heavy atom. The first kappa shape index (κ1) is 17.7. The molecule has 2 aromatic carbocycles. The number of nitrogens with one attached hydrogen (secondary N) is 1. The lowest BCUT2D eigenvalue weighted by atomic mass is 10.1. The van der Waals surface area contributed by atoms with E-state index in [2.05, 4.69) is 5.32 Å². The molecule has 126 valence electrons. The molecule has 0 atom stereocenters. The Morgan fingerprint density at radius 1 is 1.21 bits per heavy atom. The third-order valence-electron chi connectivity index (χ3n) is 3.21. The van der Waals surface area contributed by atoms with Crippen molar-refractivity contribution in [2.24, 2.45) is 0 Å². The second kappa shape index (κ2) is 6.48. The Balaban J connectivity index is 2.27. The predicted molar refractivity (Wildman–Crippen MR) is 82.2 cm³/mol. The standard InChI is InChI=1S/C15H10ClF3N2O3/c1-8-2-3-9(6-13(8)21(23)24)14(22)20-12-5-4-10(7-11(12)16)15(17,18)19/h2-7H,1H3,(H,20,22). The summed E-state index contributed by atoms with van der Waals surface area (Å²) >= 11 is 5.75. The number of nitrogens with zero attached hydrogens (tertiary/aromatic N) is 1. The highest BCUT2D eigenvalue weighted by atomic mass is 35.5. The molecular formula is C15H10ClF3N2O3. The maximum atomic E-state index is 12.6. The Labute approximate surface area is 139 Å². The number of anilines is 1. The second-order valence-corrected chi connectivity index (χ2v) is 5.31. The molecule has 0 bridgehead atoms. The SMILES string of the molecule is Cc1ccc(C(=O)Nc2ccc(C(F)(F)F)cc2Cl)cc1[N+](=O)[O-]. The highest BCUT2D eigenvalue weighted by molar-refractivity contribution is 6.34. The first-order valence-corrected chi connectivity index (χ1v) is 6.90. The van der Waals surface area contributed by atoms with Gasteiger partial charge in [-0.25, -0.2) is 0 Å². The lowest BCUT2D eigenvalue weighted by molar-refractivity contribution is -0.385. The molecule has 0 fully saturated rings. The van der Waals surface area contributed by atoms with E-state index in [-0.39, 0.29) is 22.0 Å². The number of hydrogen-bond acceptors (Lipinski definition) is 3. The topological polar surface area (TPSA) is 72.2 Å². The van der Waals surface area contributed by atoms with Crippen molar-refractivity contribution < 1.29 is 22.9 Å². The fraction of sp³-hybridized carbons (Fsp3) is 0.133. The maximum absolute atomic E-state index is 12.6. The van der Waals surface area contributed by atoms with Gasteiger partial charge in [0.25, 0.3) is 11.6 Å². The van der Waals surface area contributed by atoms with Gasteiger partial charge in [-0.1, -0.05) is 17.7 Å². The number of amides is 1. The van der Waals surface area contributed by atoms with Gasteiger partial charge in [0.1, 0.15) is 0 Å². The van der Waals surface area contributed by atoms with Gasteiger partial charge in [-0.05, 0) is 31.2 Å². The van der Waals surface area contributed by atoms with Gasteiger partial charge in [0, 0.05) is 17.2 Å². The molecule has 0 saturated carbocycles. The summed E-state index contributed by atoms with van der Waals surface area (Å²) in [4.78, 5) is 22.4. The minimum absolute atomic E-state index is 0.0109. The summed E-state index contributed by atoms with van der Waals surface area (Å²) in [6.45, 7) is 1.52. The molecule has 0 radical (unpaired) electrons. The van der Waals surface area contributed by atoms with Crippen LogP contribution in [0.1, 0.15) is 21.5 Å². The van der Waals surface area contributed by atoms with Crippen molar-refractivity contribution in [1.82, 2.24) is 0 Å². The van der Waals surface area contributed by atoms with E-state index in [4.69, 9.17) is 11.6 Å². The number of rotatable bonds is 3. The number of nitro groups is 1. The first-order chi connectivity index (χ1) is 11.1. The molecule has 5 nitrogen and oxygen atoms in total. The van der Waals surface area contributed by atoms with Crippen molar-refractivity contribution in [3.05, 3.63) is 68.2 Å². The van der Waals surface area contributed by atoms with Gasteiger partial charge in [0.05, 0.1) is 21.2 Å². The van der Waals surface area contributed by atoms with Crippen LogP contribution in [0, 0.1) is 17.0 Å². The van der Waals surface area contributed by atoms with E-state index in [1.807, 2.05) is 0 Å². The number of alkyl halides is 3. The molecule has 0 spiro atoms. The minimum atomic E-state index is -4.55. The van der Waals surface area contributed by atoms with Crippen LogP contribution in [0.4, 0.5) is 24.5 Å². The molecule has 0 saturated heterocycles. The number of carbonyl (C=O) groups is 1. The van der Waals surface area contributed by atoms with Crippen LogP contribution in [-0.2, 0) is 6.18 Å². The van der Waals surface area contributed by atoms with Gasteiger partial charge in [-0.2, -0.15) is 13.2 Å². The third kappa shape index (κ3) is 3.83. The van der Waals surface area contributed by atoms with Crippen LogP contribution < -0.4 is 5.32 Å². The van der Waals surface area contributed by atoms with Crippen molar-refractivity contribution in [2.75, 3.05) is 5.32 Å². The van der Waals surface area contributed by atoms with Crippen molar-refractivity contribution in [1.29, 1.82) is 0 Å². The van der Waals surface area contributed by atoms with E-state index in [0.717, 1.165) is 18.2 Å². The van der Waals surface area contributed by atoms with Crippen LogP contribution >= 0.6 is 11.6 Å². The number of aryl methyl sites for hydroxylation is 1. The van der Waals surface area contributed by atoms with E-state index in [0.29, 0.717) is 11.6 Å². The Morgan fingerprint density at radius 2 is 1.88 bits per heavy atom. The molecule has 0 aromatic heterocycles. The lowest BCUT2D eigenvalue weighted by Gasteiger charge is -2.11. The Hall–Kier alpha value is -2.61. The molecule has 0 heterocycles. The number of nitro benzene ring substituents is 1. The Bertz CT molecular complexity index is 822. The zero-order valence-corrected chi connectivity index (χ0v) is 12.9. The largest absolute Gasteiger partial charge is 0.416 e. The van der Waals surface area contributed by atoms with Crippen molar-refractivity contribution >= 4 is 28.9 Å². The van der Waals surface area contributed by atoms with Gasteiger partial charge in [-0.15, -0.1) is 0 Å². The summed E-state index contributed by atoms with van der Waals surface area (Å²) in [5, 5.41) is 12.9. The summed E-state index contributed by atoms with van der Waals surface area (Å²) in [6, 6.07) is 6.35. The molecule has 24 heavy (non-hydrogen) atoms. The molecule has 2 rings (SSSR count). The zero-order chi connectivity index (χ0) is 18.1. The van der Waals surface area contributed by atoms with Crippen molar-refractivity contribution in [3.63, 3.8) is 0 Å². The molecule has 1 amide bonds. The van der Waals surface area contributed by atoms with Crippen LogP contribution in [0.3, 0.4) is 0 Å². The monoisotopic (exact) mass is 358 g/mol. The number of carbonyl (C=O) groups excluding carboxylic acids is 1. The molecule has 9 heteroatoms. The van der Waals surface area contributed by atoms with E-state index < -0.39 is 22.6 Å². The minimum Gasteiger partial charge on any atom is -0.321 e. The smallest absolute Gasteiger partial charge is 0.321 e. The number of benzene rings is 2. The van der Waals surface area contributed by atoms with Crippen LogP contribution in [0.2, 0.25) is 5.02 Å². The summed E-state index contributed by atoms with van der Waals surface area (Å²) in [5.74, 6) is -0.722. The van der Waals surface area contributed by atoms with E-state index >= 15 is 0 Å². The summed E-state index contributed by atoms with van der Waals surface area (Å²) in [7, 11) is 0. The van der Waals surface area contributed by atoms with Crippen LogP contribution in [0.25, 0.3) is 0 Å². The fourth-order valence-corrected chi connectivity index (χ4v) is 2.16. The van der Waals surface area contributed by atoms with E-state index in [1.54, 1.807) is 0 Å². The summed E-state index contributed by atoms with van der Waals surface area (Å²) in [6.07, 6.45) is -4.55. The molecule has 0 aliphatic heterocycles. The second-order valence-electron chi connectivity index (χ2n) is 4.90. The third-order valence-corrected chi connectivity index (χ3v) is 3.53. The van der Waals surface area contributed by atoms with Gasteiger partial charge in [-0.3, -0.25) is 14.9 Å². The molecule has 2 aromatic rings. The molecule has 1 N–H and O–H groups in total. The van der Waals surface area contributed by atoms with Crippen LogP contribution in [0.15, 0.2) is 36.4 Å². The Kier molecular flexibility index (Phi) is 4.79. The number of hydrogen-bond donors (Lipinski definition) is 1. The summed E-state index contributed by atoms with van der Waals surface area (Å²) < 4.78 is 37.7. The summed E-state index contributed by atoms with van der Waals surface area (Å²) in [5.41, 5.74) is -0.845. The van der Waals surface area contributed by atoms with Gasteiger partial charge in [0.2, 0.25) is 0 Å². The van der Waals surface area contributed by atoms with Crippen LogP contribution in [-0.4, -0.2) is 10.8 Å². The van der Waals surface area contributed by atoms with Gasteiger partial charge >= 0.3 is 6.18 Å². The van der Waals surface area contributed by atoms with E-state index in [9.17, 15) is 28.1 Å².